The fraction of sp³-hybridized carbons (Fsp3) is 1.00. The van der Waals surface area contributed by atoms with Crippen LogP contribution in [0.4, 0.5) is 13.2 Å². The molecule has 0 heterocycles. The van der Waals surface area contributed by atoms with Crippen molar-refractivity contribution >= 4 is 19.2 Å². The molecular weight excluding hydrogens is 470 g/mol. The molecule has 0 aliphatic rings. The van der Waals surface area contributed by atoms with Crippen LogP contribution in [0.2, 0.25) is 4.44 Å². The van der Waals surface area contributed by atoms with Crippen molar-refractivity contribution in [1.82, 2.24) is 9.36 Å². The van der Waals surface area contributed by atoms with E-state index in [1.54, 1.807) is 0 Å². The standard InChI is InChI=1S/3C6H14N.C3H4F3.Sn/c3*1-5(2)7-6(3)4;1-2-3(4,5)6;/h3*5-6H,1-4H3;1-2H2;/q3*-1;;+3. The Labute approximate surface area is 177 Å². The average molecular weight is 516 g/mol. The molecular formula is C21H46F3N3Sn. The number of hydrogen-bond donors (Lipinski definition) is 0. The Balaban J connectivity index is 7.05. The monoisotopic (exact) mass is 517 g/mol. The molecule has 0 spiro atoms. The van der Waals surface area contributed by atoms with Gasteiger partial charge < -0.3 is 0 Å². The Bertz CT molecular complexity index is 374. The Hall–Kier alpha value is 0.469. The second kappa shape index (κ2) is 11.2. The van der Waals surface area contributed by atoms with Gasteiger partial charge in [0.1, 0.15) is 0 Å². The van der Waals surface area contributed by atoms with E-state index in [9.17, 15) is 13.2 Å². The number of hydrogen-bond acceptors (Lipinski definition) is 3. The van der Waals surface area contributed by atoms with Gasteiger partial charge in [-0.2, -0.15) is 0 Å². The Morgan fingerprint density at radius 2 is 0.750 bits per heavy atom. The summed E-state index contributed by atoms with van der Waals surface area (Å²) < 4.78 is 48.5. The normalized spacial score (nSPS) is 14.6. The molecule has 0 N–H and O–H groups in total. The number of rotatable bonds is 11. The fourth-order valence-electron chi connectivity index (χ4n) is 5.37. The number of alkyl halides is 3. The summed E-state index contributed by atoms with van der Waals surface area (Å²) in [5, 5.41) is 0. The Morgan fingerprint density at radius 3 is 0.893 bits per heavy atom. The van der Waals surface area contributed by atoms with E-state index in [2.05, 4.69) is 92.4 Å². The second-order valence-corrected chi connectivity index (χ2v) is 19.9. The van der Waals surface area contributed by atoms with Gasteiger partial charge in [0.15, 0.2) is 0 Å². The summed E-state index contributed by atoms with van der Waals surface area (Å²) >= 11 is -3.95. The van der Waals surface area contributed by atoms with Crippen LogP contribution >= 0.6 is 0 Å². The van der Waals surface area contributed by atoms with Crippen LogP contribution < -0.4 is 0 Å². The van der Waals surface area contributed by atoms with E-state index in [4.69, 9.17) is 0 Å². The fourth-order valence-corrected chi connectivity index (χ4v) is 25.8. The van der Waals surface area contributed by atoms with Crippen LogP contribution in [0.1, 0.15) is 89.5 Å². The van der Waals surface area contributed by atoms with Crippen molar-refractivity contribution in [2.45, 2.75) is 136 Å². The maximum atomic E-state index is 13.6. The summed E-state index contributed by atoms with van der Waals surface area (Å²) in [4.78, 5) is 0. The van der Waals surface area contributed by atoms with Crippen molar-refractivity contribution in [3.63, 3.8) is 0 Å². The molecule has 0 rings (SSSR count). The average Bonchev–Trinajstić information content (AvgIpc) is 2.41. The summed E-state index contributed by atoms with van der Waals surface area (Å²) in [6.07, 6.45) is -4.84. The molecule has 0 fully saturated rings. The zero-order valence-electron chi connectivity index (χ0n) is 20.4. The van der Waals surface area contributed by atoms with Crippen LogP contribution in [0.5, 0.6) is 0 Å². The minimum atomic E-state index is -4.14. The summed E-state index contributed by atoms with van der Waals surface area (Å²) in [6.45, 7) is 25.8. The third kappa shape index (κ3) is 7.02. The van der Waals surface area contributed by atoms with Gasteiger partial charge in [0, 0.05) is 0 Å². The number of nitrogens with zero attached hydrogens (tertiary/aromatic N) is 3. The minimum absolute atomic E-state index is 0.198. The SMILES string of the molecule is CC(C)[N](C(C)C)[Sn]([CH2]CC(F)(F)F)([N](C(C)C)C(C)C)[N](C(C)C)C(C)C. The van der Waals surface area contributed by atoms with Crippen molar-refractivity contribution < 1.29 is 13.2 Å². The topological polar surface area (TPSA) is 9.72 Å². The quantitative estimate of drug-likeness (QED) is 0.302. The molecule has 0 amide bonds. The molecule has 0 aromatic carbocycles. The number of halogens is 3. The first kappa shape index (κ1) is 28.5. The molecule has 0 atom stereocenters. The molecule has 0 saturated carbocycles. The van der Waals surface area contributed by atoms with Crippen LogP contribution in [0.3, 0.4) is 0 Å². The van der Waals surface area contributed by atoms with E-state index >= 15 is 0 Å². The Kier molecular flexibility index (Phi) is 11.4. The third-order valence-electron chi connectivity index (χ3n) is 5.32. The van der Waals surface area contributed by atoms with Crippen molar-refractivity contribution in [3.8, 4) is 0 Å². The molecule has 0 unspecified atom stereocenters. The van der Waals surface area contributed by atoms with Crippen LogP contribution in [0.15, 0.2) is 0 Å². The molecule has 3 nitrogen and oxygen atoms in total. The van der Waals surface area contributed by atoms with Crippen molar-refractivity contribution in [3.05, 3.63) is 0 Å². The van der Waals surface area contributed by atoms with Crippen LogP contribution in [-0.2, 0) is 0 Å². The van der Waals surface area contributed by atoms with Gasteiger partial charge in [-0.25, -0.2) is 0 Å². The van der Waals surface area contributed by atoms with Gasteiger partial charge in [-0.15, -0.1) is 0 Å². The van der Waals surface area contributed by atoms with Crippen LogP contribution in [0.25, 0.3) is 0 Å². The van der Waals surface area contributed by atoms with Gasteiger partial charge in [0.25, 0.3) is 0 Å². The molecule has 0 radical (unpaired) electrons. The summed E-state index contributed by atoms with van der Waals surface area (Å²) in [7, 11) is 0. The zero-order valence-corrected chi connectivity index (χ0v) is 23.2. The van der Waals surface area contributed by atoms with E-state index in [1.165, 1.54) is 0 Å². The van der Waals surface area contributed by atoms with E-state index < -0.39 is 31.8 Å². The van der Waals surface area contributed by atoms with Gasteiger partial charge in [-0.05, 0) is 0 Å². The van der Waals surface area contributed by atoms with Crippen molar-refractivity contribution in [2.24, 2.45) is 0 Å². The van der Waals surface area contributed by atoms with Crippen LogP contribution in [0, 0.1) is 0 Å². The van der Waals surface area contributed by atoms with Gasteiger partial charge >= 0.3 is 178 Å². The maximum absolute atomic E-state index is 13.6. The summed E-state index contributed by atoms with van der Waals surface area (Å²) in [5.74, 6) is 0. The van der Waals surface area contributed by atoms with Gasteiger partial charge in [0.2, 0.25) is 0 Å². The summed E-state index contributed by atoms with van der Waals surface area (Å²) in [5.41, 5.74) is 0. The third-order valence-corrected chi connectivity index (χ3v) is 23.9. The molecule has 0 aromatic heterocycles. The predicted octanol–water partition coefficient (Wildman–Crippen LogP) is 6.23. The van der Waals surface area contributed by atoms with E-state index in [0.29, 0.717) is 0 Å². The zero-order chi connectivity index (χ0) is 22.6. The first-order valence-corrected chi connectivity index (χ1v) is 16.8. The van der Waals surface area contributed by atoms with Gasteiger partial charge in [-0.1, -0.05) is 0 Å². The molecule has 170 valence electrons. The van der Waals surface area contributed by atoms with Gasteiger partial charge in [0.05, 0.1) is 0 Å². The van der Waals surface area contributed by atoms with Gasteiger partial charge in [-0.3, -0.25) is 0 Å². The molecule has 0 saturated heterocycles. The second-order valence-electron chi connectivity index (χ2n) is 9.67. The molecule has 0 aliphatic carbocycles. The first-order valence-electron chi connectivity index (χ1n) is 10.9. The van der Waals surface area contributed by atoms with Crippen LogP contribution in [-0.4, -0.2) is 71.0 Å². The first-order chi connectivity index (χ1) is 12.5. The Morgan fingerprint density at radius 1 is 0.536 bits per heavy atom. The van der Waals surface area contributed by atoms with E-state index in [0.717, 1.165) is 0 Å². The molecule has 0 bridgehead atoms. The van der Waals surface area contributed by atoms with Crippen molar-refractivity contribution in [2.75, 3.05) is 0 Å². The summed E-state index contributed by atoms with van der Waals surface area (Å²) in [6, 6.07) is 1.19. The molecule has 28 heavy (non-hydrogen) atoms. The van der Waals surface area contributed by atoms with Crippen molar-refractivity contribution in [1.29, 1.82) is 0 Å². The molecule has 0 aliphatic heterocycles. The van der Waals surface area contributed by atoms with E-state index in [1.807, 2.05) is 0 Å². The molecule has 7 heteroatoms. The predicted molar refractivity (Wildman–Crippen MR) is 118 cm³/mol. The van der Waals surface area contributed by atoms with E-state index in [-0.39, 0.29) is 40.7 Å². The molecule has 0 aromatic rings.